The Balaban J connectivity index is 2.06. The van der Waals surface area contributed by atoms with Gasteiger partial charge in [0.05, 0.1) is 35.5 Å². The molecule has 1 aliphatic heterocycles. The Morgan fingerprint density at radius 1 is 1.42 bits per heavy atom. The van der Waals surface area contributed by atoms with E-state index >= 15 is 0 Å². The molecule has 1 fully saturated rings. The molecule has 0 N–H and O–H groups in total. The second kappa shape index (κ2) is 8.16. The number of sulfone groups is 1. The molecule has 132 valence electrons. The molecule has 2 heterocycles. The first-order chi connectivity index (χ1) is 11.3. The predicted molar refractivity (Wildman–Crippen MR) is 98.9 cm³/mol. The zero-order chi connectivity index (χ0) is 17.7. The number of piperidine rings is 1. The number of nitrogens with zero attached hydrogens (tertiary/aromatic N) is 3. The molecule has 0 radical (unpaired) electrons. The molecule has 2 rings (SSSR count). The van der Waals surface area contributed by atoms with Gasteiger partial charge in [0.2, 0.25) is 0 Å². The van der Waals surface area contributed by atoms with E-state index in [4.69, 9.17) is 17.0 Å². The van der Waals surface area contributed by atoms with Gasteiger partial charge in [0, 0.05) is 37.4 Å². The number of pyridine rings is 1. The third kappa shape index (κ3) is 5.08. The van der Waals surface area contributed by atoms with E-state index in [1.54, 1.807) is 12.4 Å². The molecule has 0 aliphatic carbocycles. The molecule has 8 heteroatoms. The van der Waals surface area contributed by atoms with Gasteiger partial charge in [0.1, 0.15) is 15.5 Å². The first-order valence-corrected chi connectivity index (χ1v) is 10.3. The Morgan fingerprint density at radius 3 is 2.67 bits per heavy atom. The van der Waals surface area contributed by atoms with E-state index in [1.807, 2.05) is 6.07 Å². The van der Waals surface area contributed by atoms with Crippen molar-refractivity contribution in [2.75, 3.05) is 36.6 Å². The quantitative estimate of drug-likeness (QED) is 0.566. The molecule has 0 bridgehead atoms. The first kappa shape index (κ1) is 19.0. The van der Waals surface area contributed by atoms with E-state index in [2.05, 4.69) is 33.9 Å². The van der Waals surface area contributed by atoms with Crippen LogP contribution in [0.25, 0.3) is 0 Å². The minimum atomic E-state index is -3.00. The minimum absolute atomic E-state index is 0.0438. The lowest BCUT2D eigenvalue weighted by Gasteiger charge is -2.42. The van der Waals surface area contributed by atoms with E-state index in [0.717, 1.165) is 18.8 Å². The second-order valence-corrected chi connectivity index (χ2v) is 8.83. The predicted octanol–water partition coefficient (Wildman–Crippen LogP) is 2.34. The average Bonchev–Trinajstić information content (AvgIpc) is 2.49. The molecule has 1 aromatic heterocycles. The summed E-state index contributed by atoms with van der Waals surface area (Å²) in [6.07, 6.45) is 4.69. The van der Waals surface area contributed by atoms with Crippen molar-refractivity contribution in [1.29, 1.82) is 0 Å². The smallest absolute Gasteiger partial charge is 0.149 e. The Morgan fingerprint density at radius 2 is 2.08 bits per heavy atom. The number of ether oxygens (including phenoxy) is 1. The van der Waals surface area contributed by atoms with E-state index in [-0.39, 0.29) is 30.3 Å². The van der Waals surface area contributed by atoms with Gasteiger partial charge in [-0.25, -0.2) is 8.42 Å². The monoisotopic (exact) mass is 369 g/mol. The van der Waals surface area contributed by atoms with E-state index in [1.165, 1.54) is 6.26 Å². The molecule has 1 aromatic rings. The van der Waals surface area contributed by atoms with Gasteiger partial charge >= 0.3 is 0 Å². The van der Waals surface area contributed by atoms with Gasteiger partial charge in [0.25, 0.3) is 0 Å². The summed E-state index contributed by atoms with van der Waals surface area (Å²) in [7, 11) is -3.00. The number of thiocarbonyl (C=S) groups is 1. The van der Waals surface area contributed by atoms with Crippen molar-refractivity contribution >= 4 is 38.6 Å². The number of aromatic nitrogens is 1. The maximum absolute atomic E-state index is 11.3. The van der Waals surface area contributed by atoms with Crippen molar-refractivity contribution in [1.82, 2.24) is 4.98 Å². The van der Waals surface area contributed by atoms with Gasteiger partial charge in [-0.15, -0.1) is 0 Å². The lowest BCUT2D eigenvalue weighted by Crippen LogP contribution is -2.49. The van der Waals surface area contributed by atoms with Gasteiger partial charge in [-0.3, -0.25) is 4.98 Å². The van der Waals surface area contributed by atoms with Crippen molar-refractivity contribution in [3.8, 4) is 0 Å². The number of hydrogen-bond acceptors (Lipinski definition) is 7. The summed E-state index contributed by atoms with van der Waals surface area (Å²) < 4.78 is 28.4. The maximum Gasteiger partial charge on any atom is 0.149 e. The number of hydrogen-bond donors (Lipinski definition) is 0. The fourth-order valence-corrected chi connectivity index (χ4v) is 3.68. The van der Waals surface area contributed by atoms with Gasteiger partial charge in [-0.05, 0) is 18.3 Å². The maximum atomic E-state index is 11.3. The zero-order valence-electron chi connectivity index (χ0n) is 14.2. The van der Waals surface area contributed by atoms with Crippen LogP contribution < -0.4 is 4.90 Å². The molecule has 6 nitrogen and oxygen atoms in total. The molecule has 1 saturated heterocycles. The molecular formula is C16H23N3O3S2. The lowest BCUT2D eigenvalue weighted by molar-refractivity contribution is -0.0174. The standard InChI is InChI=1S/C16H23N3O3S2/c1-12-9-19(15-4-5-17-8-14(15)18-11-23)10-13(2)16(12)22-6-7-24(3,20)21/h4-5,8,12-13,16H,6-7,9-10H2,1-3H3/t12-,13+,16-. The van der Waals surface area contributed by atoms with Gasteiger partial charge in [-0.1, -0.05) is 13.8 Å². The highest BCUT2D eigenvalue weighted by Crippen LogP contribution is 2.33. The van der Waals surface area contributed by atoms with Crippen LogP contribution in [0.1, 0.15) is 13.8 Å². The summed E-state index contributed by atoms with van der Waals surface area (Å²) in [6, 6.07) is 1.93. The van der Waals surface area contributed by atoms with E-state index in [9.17, 15) is 8.42 Å². The third-order valence-corrected chi connectivity index (χ3v) is 5.19. The topological polar surface area (TPSA) is 71.9 Å². The number of anilines is 1. The Labute approximate surface area is 148 Å². The molecular weight excluding hydrogens is 346 g/mol. The van der Waals surface area contributed by atoms with Crippen molar-refractivity contribution in [2.24, 2.45) is 16.8 Å². The molecule has 0 unspecified atom stereocenters. The number of rotatable bonds is 6. The van der Waals surface area contributed by atoms with Crippen LogP contribution in [0, 0.1) is 11.8 Å². The highest BCUT2D eigenvalue weighted by Gasteiger charge is 2.33. The van der Waals surface area contributed by atoms with Crippen molar-refractivity contribution in [3.63, 3.8) is 0 Å². The van der Waals surface area contributed by atoms with Gasteiger partial charge < -0.3 is 9.64 Å². The summed E-state index contributed by atoms with van der Waals surface area (Å²) in [5, 5.41) is 2.40. The highest BCUT2D eigenvalue weighted by molar-refractivity contribution is 7.90. The molecule has 0 spiro atoms. The summed E-state index contributed by atoms with van der Waals surface area (Å²) in [5.41, 5.74) is 1.69. The Bertz CT molecular complexity index is 705. The fourth-order valence-electron chi connectivity index (χ4n) is 3.18. The average molecular weight is 370 g/mol. The molecule has 1 aliphatic rings. The molecule has 0 saturated carbocycles. The summed E-state index contributed by atoms with van der Waals surface area (Å²) in [6.45, 7) is 6.10. The Hall–Kier alpha value is -1.34. The normalized spacial score (nSPS) is 24.5. The molecule has 0 amide bonds. The number of aliphatic imine (C=N–C) groups is 1. The van der Waals surface area contributed by atoms with Crippen molar-refractivity contribution in [3.05, 3.63) is 18.5 Å². The van der Waals surface area contributed by atoms with Crippen LogP contribution in [0.15, 0.2) is 23.5 Å². The second-order valence-electron chi connectivity index (χ2n) is 6.39. The van der Waals surface area contributed by atoms with Crippen molar-refractivity contribution in [2.45, 2.75) is 20.0 Å². The lowest BCUT2D eigenvalue weighted by atomic mass is 9.87. The zero-order valence-corrected chi connectivity index (χ0v) is 15.8. The Kier molecular flexibility index (Phi) is 6.46. The third-order valence-electron chi connectivity index (χ3n) is 4.19. The highest BCUT2D eigenvalue weighted by atomic mass is 32.2. The molecule has 24 heavy (non-hydrogen) atoms. The van der Waals surface area contributed by atoms with E-state index in [0.29, 0.717) is 5.69 Å². The van der Waals surface area contributed by atoms with Crippen LogP contribution in [0.5, 0.6) is 0 Å². The van der Waals surface area contributed by atoms with Crippen LogP contribution >= 0.6 is 12.2 Å². The fraction of sp³-hybridized carbons (Fsp3) is 0.625. The largest absolute Gasteiger partial charge is 0.376 e. The molecule has 0 aromatic carbocycles. The summed E-state index contributed by atoms with van der Waals surface area (Å²) in [5.74, 6) is 0.599. The first-order valence-electron chi connectivity index (χ1n) is 7.88. The van der Waals surface area contributed by atoms with Crippen LogP contribution in [-0.2, 0) is 14.6 Å². The van der Waals surface area contributed by atoms with Crippen LogP contribution in [0.4, 0.5) is 11.4 Å². The van der Waals surface area contributed by atoms with Crippen LogP contribution in [0.2, 0.25) is 0 Å². The number of isothiocyanates is 1. The minimum Gasteiger partial charge on any atom is -0.376 e. The van der Waals surface area contributed by atoms with E-state index < -0.39 is 9.84 Å². The van der Waals surface area contributed by atoms with Crippen LogP contribution in [-0.4, -0.2) is 56.4 Å². The summed E-state index contributed by atoms with van der Waals surface area (Å²) >= 11 is 4.71. The van der Waals surface area contributed by atoms with Gasteiger partial charge in [0.15, 0.2) is 0 Å². The van der Waals surface area contributed by atoms with Crippen molar-refractivity contribution < 1.29 is 13.2 Å². The summed E-state index contributed by atoms with van der Waals surface area (Å²) in [4.78, 5) is 10.4. The van der Waals surface area contributed by atoms with Gasteiger partial charge in [-0.2, -0.15) is 4.99 Å². The SMILES string of the molecule is C[C@@H]1CN(c2ccncc2N=C=S)C[C@H](C)[C@@H]1OCCS(C)(=O)=O. The molecule has 3 atom stereocenters. The van der Waals surface area contributed by atoms with Crippen LogP contribution in [0.3, 0.4) is 0 Å².